The molecule has 1 aliphatic heterocycles. The van der Waals surface area contributed by atoms with Gasteiger partial charge in [-0.1, -0.05) is 19.9 Å². The Balaban J connectivity index is 1.99. The maximum Gasteiger partial charge on any atom is 0.140 e. The van der Waals surface area contributed by atoms with E-state index < -0.39 is 0 Å². The molecule has 3 heteroatoms. The van der Waals surface area contributed by atoms with Gasteiger partial charge in [0, 0.05) is 32.3 Å². The summed E-state index contributed by atoms with van der Waals surface area (Å²) in [5.74, 6) is 0.729. The van der Waals surface area contributed by atoms with Crippen LogP contribution < -0.4 is 0 Å². The van der Waals surface area contributed by atoms with Crippen LogP contribution in [0.4, 0.5) is 0 Å². The summed E-state index contributed by atoms with van der Waals surface area (Å²) < 4.78 is 2.27. The lowest BCUT2D eigenvalue weighted by atomic mass is 10.1. The smallest absolute Gasteiger partial charge is 0.140 e. The lowest BCUT2D eigenvalue weighted by Crippen LogP contribution is -2.33. The fourth-order valence-electron chi connectivity index (χ4n) is 2.89. The van der Waals surface area contributed by atoms with Crippen molar-refractivity contribution < 1.29 is 0 Å². The van der Waals surface area contributed by atoms with Gasteiger partial charge >= 0.3 is 0 Å². The molecule has 0 aromatic carbocycles. The van der Waals surface area contributed by atoms with Gasteiger partial charge in [0.2, 0.25) is 0 Å². The topological polar surface area (TPSA) is 20.5 Å². The summed E-state index contributed by atoms with van der Waals surface area (Å²) in [5, 5.41) is 0. The summed E-state index contributed by atoms with van der Waals surface area (Å²) in [6.45, 7) is 10.1. The maximum absolute atomic E-state index is 4.80. The maximum atomic E-state index is 4.80. The third-order valence-corrected chi connectivity index (χ3v) is 3.69. The second-order valence-electron chi connectivity index (χ2n) is 5.77. The van der Waals surface area contributed by atoms with Gasteiger partial charge in [-0.3, -0.25) is 4.90 Å². The van der Waals surface area contributed by atoms with Crippen LogP contribution in [0.2, 0.25) is 0 Å². The van der Waals surface area contributed by atoms with Crippen molar-refractivity contribution in [2.75, 3.05) is 13.1 Å². The van der Waals surface area contributed by atoms with Crippen molar-refractivity contribution in [1.29, 1.82) is 0 Å². The van der Waals surface area contributed by atoms with Crippen LogP contribution in [0.3, 0.4) is 0 Å². The molecule has 0 bridgehead atoms. The molecule has 3 rings (SSSR count). The lowest BCUT2D eigenvalue weighted by molar-refractivity contribution is 0.222. The Morgan fingerprint density at radius 2 is 2.22 bits per heavy atom. The Bertz CT molecular complexity index is 568. The third kappa shape index (κ3) is 1.93. The largest absolute Gasteiger partial charge is 0.302 e. The second-order valence-corrected chi connectivity index (χ2v) is 5.77. The Kier molecular flexibility index (Phi) is 2.86. The summed E-state index contributed by atoms with van der Waals surface area (Å²) in [6.07, 6.45) is 3.23. The molecule has 0 atom stereocenters. The Labute approximate surface area is 108 Å². The van der Waals surface area contributed by atoms with Crippen molar-refractivity contribution >= 4 is 5.65 Å². The zero-order chi connectivity index (χ0) is 12.7. The molecule has 0 unspecified atom stereocenters. The first-order valence-electron chi connectivity index (χ1n) is 6.83. The van der Waals surface area contributed by atoms with Crippen molar-refractivity contribution in [1.82, 2.24) is 14.3 Å². The Morgan fingerprint density at radius 3 is 3.00 bits per heavy atom. The molecule has 96 valence electrons. The Hall–Kier alpha value is -1.35. The van der Waals surface area contributed by atoms with Crippen molar-refractivity contribution in [3.05, 3.63) is 35.3 Å². The molecule has 0 spiro atoms. The van der Waals surface area contributed by atoms with Gasteiger partial charge in [-0.25, -0.2) is 4.98 Å². The highest BCUT2D eigenvalue weighted by Gasteiger charge is 2.22. The van der Waals surface area contributed by atoms with Crippen molar-refractivity contribution in [3.63, 3.8) is 0 Å². The summed E-state index contributed by atoms with van der Waals surface area (Å²) in [6, 6.07) is 4.26. The van der Waals surface area contributed by atoms with Gasteiger partial charge in [-0.05, 0) is 24.5 Å². The summed E-state index contributed by atoms with van der Waals surface area (Å²) in [5.41, 5.74) is 5.08. The predicted octanol–water partition coefficient (Wildman–Crippen LogP) is 2.66. The van der Waals surface area contributed by atoms with E-state index in [-0.39, 0.29) is 0 Å². The molecule has 3 heterocycles. The van der Waals surface area contributed by atoms with Crippen LogP contribution in [0, 0.1) is 12.8 Å². The average molecular weight is 243 g/mol. The molecule has 18 heavy (non-hydrogen) atoms. The van der Waals surface area contributed by atoms with E-state index >= 15 is 0 Å². The molecule has 2 aromatic heterocycles. The van der Waals surface area contributed by atoms with E-state index in [9.17, 15) is 0 Å². The van der Waals surface area contributed by atoms with Crippen molar-refractivity contribution in [2.45, 2.75) is 33.7 Å². The fraction of sp³-hybridized carbons (Fsp3) is 0.533. The van der Waals surface area contributed by atoms with E-state index in [0.29, 0.717) is 0 Å². The summed E-state index contributed by atoms with van der Waals surface area (Å²) in [7, 11) is 0. The number of aromatic nitrogens is 2. The van der Waals surface area contributed by atoms with E-state index in [4.69, 9.17) is 4.98 Å². The van der Waals surface area contributed by atoms with Gasteiger partial charge in [0.05, 0.1) is 11.4 Å². The number of nitrogens with zero attached hydrogens (tertiary/aromatic N) is 3. The zero-order valence-electron chi connectivity index (χ0n) is 11.5. The number of aryl methyl sites for hydroxylation is 1. The van der Waals surface area contributed by atoms with Crippen LogP contribution in [0.15, 0.2) is 18.3 Å². The third-order valence-electron chi connectivity index (χ3n) is 3.69. The number of imidazole rings is 1. The van der Waals surface area contributed by atoms with Crippen LogP contribution in [0.1, 0.15) is 30.8 Å². The number of hydrogen-bond acceptors (Lipinski definition) is 2. The quantitative estimate of drug-likeness (QED) is 0.808. The van der Waals surface area contributed by atoms with Gasteiger partial charge in [-0.15, -0.1) is 0 Å². The minimum absolute atomic E-state index is 0.729. The standard InChI is InChI=1S/C15H21N3/c1-11(2)9-17-8-6-13-14(10-17)18-7-4-5-12(3)15(18)16-13/h4-5,7,11H,6,8-10H2,1-3H3. The highest BCUT2D eigenvalue weighted by Crippen LogP contribution is 2.22. The first kappa shape index (κ1) is 11.7. The van der Waals surface area contributed by atoms with Crippen LogP contribution in [-0.4, -0.2) is 27.4 Å². The first-order valence-corrected chi connectivity index (χ1v) is 6.83. The fourth-order valence-corrected chi connectivity index (χ4v) is 2.89. The van der Waals surface area contributed by atoms with E-state index in [0.717, 1.165) is 31.1 Å². The number of rotatable bonds is 2. The normalized spacial score (nSPS) is 16.4. The van der Waals surface area contributed by atoms with Gasteiger partial charge < -0.3 is 4.40 Å². The van der Waals surface area contributed by atoms with E-state index in [1.807, 2.05) is 0 Å². The Morgan fingerprint density at radius 1 is 1.39 bits per heavy atom. The second kappa shape index (κ2) is 4.39. The molecule has 0 saturated heterocycles. The molecular formula is C15H21N3. The lowest BCUT2D eigenvalue weighted by Gasteiger charge is -2.27. The minimum atomic E-state index is 0.729. The molecular weight excluding hydrogens is 222 g/mol. The van der Waals surface area contributed by atoms with E-state index in [1.54, 1.807) is 0 Å². The van der Waals surface area contributed by atoms with E-state index in [1.165, 1.54) is 23.5 Å². The predicted molar refractivity (Wildman–Crippen MR) is 73.7 cm³/mol. The summed E-state index contributed by atoms with van der Waals surface area (Å²) in [4.78, 5) is 7.35. The van der Waals surface area contributed by atoms with Crippen molar-refractivity contribution in [3.8, 4) is 0 Å². The number of pyridine rings is 1. The van der Waals surface area contributed by atoms with Gasteiger partial charge in [0.1, 0.15) is 5.65 Å². The zero-order valence-corrected chi connectivity index (χ0v) is 11.5. The molecule has 0 aliphatic carbocycles. The van der Waals surface area contributed by atoms with Crippen LogP contribution in [0.5, 0.6) is 0 Å². The SMILES string of the molecule is Cc1cccn2c3c(nc12)CCN(CC(C)C)C3. The first-order chi connectivity index (χ1) is 8.65. The highest BCUT2D eigenvalue weighted by molar-refractivity contribution is 5.50. The number of hydrogen-bond donors (Lipinski definition) is 0. The molecule has 0 saturated carbocycles. The molecule has 0 N–H and O–H groups in total. The van der Waals surface area contributed by atoms with Crippen LogP contribution >= 0.6 is 0 Å². The molecule has 0 radical (unpaired) electrons. The molecule has 0 amide bonds. The number of fused-ring (bicyclic) bond motifs is 3. The molecule has 0 fully saturated rings. The monoisotopic (exact) mass is 243 g/mol. The molecule has 3 nitrogen and oxygen atoms in total. The van der Waals surface area contributed by atoms with Gasteiger partial charge in [0.25, 0.3) is 0 Å². The summed E-state index contributed by atoms with van der Waals surface area (Å²) >= 11 is 0. The molecule has 2 aromatic rings. The van der Waals surface area contributed by atoms with E-state index in [2.05, 4.69) is 48.4 Å². The van der Waals surface area contributed by atoms with Gasteiger partial charge in [0.15, 0.2) is 0 Å². The van der Waals surface area contributed by atoms with Crippen LogP contribution in [-0.2, 0) is 13.0 Å². The van der Waals surface area contributed by atoms with Gasteiger partial charge in [-0.2, -0.15) is 0 Å². The average Bonchev–Trinajstić information content (AvgIpc) is 2.68. The highest BCUT2D eigenvalue weighted by atomic mass is 15.2. The van der Waals surface area contributed by atoms with Crippen molar-refractivity contribution in [2.24, 2.45) is 5.92 Å². The van der Waals surface area contributed by atoms with Crippen LogP contribution in [0.25, 0.3) is 5.65 Å². The minimum Gasteiger partial charge on any atom is -0.302 e. The molecule has 1 aliphatic rings.